The summed E-state index contributed by atoms with van der Waals surface area (Å²) in [6.45, 7) is 1.62. The van der Waals surface area contributed by atoms with E-state index >= 15 is 0 Å². The van der Waals surface area contributed by atoms with E-state index in [1.54, 1.807) is 6.92 Å². The molecule has 0 amide bonds. The molecule has 0 N–H and O–H groups in total. The molecule has 0 aromatic carbocycles. The van der Waals surface area contributed by atoms with Gasteiger partial charge in [0.15, 0.2) is 0 Å². The summed E-state index contributed by atoms with van der Waals surface area (Å²) in [6, 6.07) is 1.38. The number of pyridine rings is 1. The fraction of sp³-hybridized carbons (Fsp3) is 0.143. The Labute approximate surface area is 84.5 Å². The second-order valence-corrected chi connectivity index (χ2v) is 3.30. The van der Waals surface area contributed by atoms with E-state index in [1.807, 2.05) is 0 Å². The number of rotatable bonds is 1. The lowest BCUT2D eigenvalue weighted by atomic mass is 10.2. The number of hydrogen-bond donors (Lipinski definition) is 0. The molecule has 0 fully saturated rings. The first-order valence-electron chi connectivity index (χ1n) is 3.05. The third-order valence-corrected chi connectivity index (χ3v) is 2.00. The van der Waals surface area contributed by atoms with E-state index in [0.717, 1.165) is 0 Å². The molecule has 5 heteroatoms. The number of hydrogen-bond acceptors (Lipinski definition) is 2. The predicted molar refractivity (Wildman–Crippen MR) is 49.2 cm³/mol. The summed E-state index contributed by atoms with van der Waals surface area (Å²) in [5.41, 5.74) is 0.648. The smallest absolute Gasteiger partial charge is 0.255 e. The van der Waals surface area contributed by atoms with Gasteiger partial charge in [0.1, 0.15) is 5.15 Å². The van der Waals surface area contributed by atoms with Crippen molar-refractivity contribution in [3.63, 3.8) is 0 Å². The van der Waals surface area contributed by atoms with Crippen molar-refractivity contribution < 1.29 is 4.79 Å². The summed E-state index contributed by atoms with van der Waals surface area (Å²) in [7, 11) is 0. The van der Waals surface area contributed by atoms with Crippen molar-refractivity contribution in [2.45, 2.75) is 6.92 Å². The molecule has 0 radical (unpaired) electrons. The summed E-state index contributed by atoms with van der Waals surface area (Å²) in [5.74, 6) is 0. The molecule has 12 heavy (non-hydrogen) atoms. The van der Waals surface area contributed by atoms with Gasteiger partial charge in [-0.05, 0) is 24.6 Å². The van der Waals surface area contributed by atoms with Crippen LogP contribution in [0.25, 0.3) is 0 Å². The number of carbonyl (C=O) groups excluding carboxylic acids is 1. The van der Waals surface area contributed by atoms with Crippen LogP contribution in [0.5, 0.6) is 0 Å². The maximum Gasteiger partial charge on any atom is 0.255 e. The van der Waals surface area contributed by atoms with E-state index < -0.39 is 5.24 Å². The molecule has 0 unspecified atom stereocenters. The van der Waals surface area contributed by atoms with Gasteiger partial charge in [-0.3, -0.25) is 4.79 Å². The van der Waals surface area contributed by atoms with Crippen LogP contribution in [0.2, 0.25) is 10.2 Å². The minimum Gasteiger partial charge on any atom is -0.275 e. The molecule has 2 nitrogen and oxygen atoms in total. The Morgan fingerprint density at radius 3 is 2.50 bits per heavy atom. The molecule has 0 spiro atoms. The van der Waals surface area contributed by atoms with Crippen molar-refractivity contribution in [3.8, 4) is 0 Å². The Kier molecular flexibility index (Phi) is 2.94. The van der Waals surface area contributed by atoms with Crippen LogP contribution in [0.4, 0.5) is 0 Å². The minimum atomic E-state index is -0.623. The van der Waals surface area contributed by atoms with Crippen LogP contribution in [0.3, 0.4) is 0 Å². The zero-order valence-corrected chi connectivity index (χ0v) is 8.33. The van der Waals surface area contributed by atoms with E-state index in [9.17, 15) is 4.79 Å². The van der Waals surface area contributed by atoms with E-state index in [-0.39, 0.29) is 15.7 Å². The van der Waals surface area contributed by atoms with Gasteiger partial charge < -0.3 is 0 Å². The normalized spacial score (nSPS) is 10.0. The quantitative estimate of drug-likeness (QED) is 0.542. The molecule has 64 valence electrons. The molecule has 0 aliphatic rings. The van der Waals surface area contributed by atoms with Crippen molar-refractivity contribution in [1.29, 1.82) is 0 Å². The van der Waals surface area contributed by atoms with Gasteiger partial charge in [0.2, 0.25) is 0 Å². The van der Waals surface area contributed by atoms with Gasteiger partial charge in [-0.2, -0.15) is 0 Å². The molecule has 0 saturated carbocycles. The molecule has 0 aliphatic heterocycles. The maximum atomic E-state index is 10.8. The van der Waals surface area contributed by atoms with E-state index in [1.165, 1.54) is 6.07 Å². The Morgan fingerprint density at radius 2 is 2.08 bits per heavy atom. The predicted octanol–water partition coefficient (Wildman–Crippen LogP) is 3.08. The van der Waals surface area contributed by atoms with Crippen molar-refractivity contribution >= 4 is 40.0 Å². The lowest BCUT2D eigenvalue weighted by Gasteiger charge is -2.02. The molecule has 0 aliphatic carbocycles. The number of aromatic nitrogens is 1. The second-order valence-electron chi connectivity index (χ2n) is 2.16. The Balaban J connectivity index is 3.38. The zero-order chi connectivity index (χ0) is 9.30. The second kappa shape index (κ2) is 3.60. The average molecular weight is 224 g/mol. The number of nitrogens with zero attached hydrogens (tertiary/aromatic N) is 1. The molecule has 0 saturated heterocycles. The van der Waals surface area contributed by atoms with Gasteiger partial charge in [-0.25, -0.2) is 4.98 Å². The highest BCUT2D eigenvalue weighted by Gasteiger charge is 2.12. The Hall–Kier alpha value is -0.310. The Morgan fingerprint density at radius 1 is 1.50 bits per heavy atom. The molecule has 0 atom stereocenters. The number of carbonyl (C=O) groups is 1. The van der Waals surface area contributed by atoms with Gasteiger partial charge in [0, 0.05) is 0 Å². The summed E-state index contributed by atoms with van der Waals surface area (Å²) >= 11 is 16.5. The first-order chi connectivity index (χ1) is 5.52. The van der Waals surface area contributed by atoms with Crippen LogP contribution < -0.4 is 0 Å². The summed E-state index contributed by atoms with van der Waals surface area (Å²) in [5, 5.41) is -0.145. The maximum absolute atomic E-state index is 10.8. The van der Waals surface area contributed by atoms with Crippen LogP contribution in [-0.2, 0) is 0 Å². The molecule has 1 aromatic heterocycles. The lowest BCUT2D eigenvalue weighted by molar-refractivity contribution is 0.108. The lowest BCUT2D eigenvalue weighted by Crippen LogP contribution is -1.97. The molecule has 1 heterocycles. The van der Waals surface area contributed by atoms with E-state index in [4.69, 9.17) is 34.8 Å². The van der Waals surface area contributed by atoms with Gasteiger partial charge in [0.05, 0.1) is 16.3 Å². The van der Waals surface area contributed by atoms with Crippen molar-refractivity contribution in [2.24, 2.45) is 0 Å². The fourth-order valence-electron chi connectivity index (χ4n) is 0.834. The highest BCUT2D eigenvalue weighted by Crippen LogP contribution is 2.23. The molecule has 1 aromatic rings. The third kappa shape index (κ3) is 1.89. The van der Waals surface area contributed by atoms with E-state index in [0.29, 0.717) is 5.69 Å². The zero-order valence-electron chi connectivity index (χ0n) is 6.07. The SMILES string of the molecule is Cc1nc(Cl)cc(Cl)c1C(=O)Cl. The first-order valence-corrected chi connectivity index (χ1v) is 4.18. The van der Waals surface area contributed by atoms with Crippen molar-refractivity contribution in [1.82, 2.24) is 4.98 Å². The monoisotopic (exact) mass is 223 g/mol. The van der Waals surface area contributed by atoms with Crippen LogP contribution in [0, 0.1) is 6.92 Å². The van der Waals surface area contributed by atoms with Crippen LogP contribution in [0.15, 0.2) is 6.07 Å². The third-order valence-electron chi connectivity index (χ3n) is 1.32. The topological polar surface area (TPSA) is 30.0 Å². The number of halogens is 3. The minimum absolute atomic E-state index is 0.211. The summed E-state index contributed by atoms with van der Waals surface area (Å²) in [4.78, 5) is 14.6. The largest absolute Gasteiger partial charge is 0.275 e. The standard InChI is InChI=1S/C7H4Cl3NO/c1-3-6(7(10)12)4(8)2-5(9)11-3/h2H,1H3. The van der Waals surface area contributed by atoms with Crippen LogP contribution in [0.1, 0.15) is 16.1 Å². The summed E-state index contributed by atoms with van der Waals surface area (Å²) < 4.78 is 0. The van der Waals surface area contributed by atoms with Crippen LogP contribution in [-0.4, -0.2) is 10.2 Å². The highest BCUT2D eigenvalue weighted by molar-refractivity contribution is 6.69. The fourth-order valence-corrected chi connectivity index (χ4v) is 1.74. The van der Waals surface area contributed by atoms with E-state index in [2.05, 4.69) is 4.98 Å². The van der Waals surface area contributed by atoms with Crippen LogP contribution >= 0.6 is 34.8 Å². The molecular weight excluding hydrogens is 220 g/mol. The van der Waals surface area contributed by atoms with Gasteiger partial charge in [-0.15, -0.1) is 0 Å². The average Bonchev–Trinajstić information content (AvgIpc) is 1.82. The van der Waals surface area contributed by atoms with Gasteiger partial charge >= 0.3 is 0 Å². The molecule has 0 bridgehead atoms. The van der Waals surface area contributed by atoms with Crippen molar-refractivity contribution in [3.05, 3.63) is 27.5 Å². The van der Waals surface area contributed by atoms with Gasteiger partial charge in [-0.1, -0.05) is 23.2 Å². The van der Waals surface area contributed by atoms with Crippen molar-refractivity contribution in [2.75, 3.05) is 0 Å². The first kappa shape index (κ1) is 9.78. The molecular formula is C7H4Cl3NO. The number of aryl methyl sites for hydroxylation is 1. The van der Waals surface area contributed by atoms with Gasteiger partial charge in [0.25, 0.3) is 5.24 Å². The Bertz CT molecular complexity index is 314. The summed E-state index contributed by atoms with van der Waals surface area (Å²) in [6.07, 6.45) is 0. The molecule has 1 rings (SSSR count). The highest BCUT2D eigenvalue weighted by atomic mass is 35.5.